The molecule has 0 aliphatic carbocycles. The van der Waals surface area contributed by atoms with Crippen molar-refractivity contribution in [1.29, 1.82) is 0 Å². The van der Waals surface area contributed by atoms with Gasteiger partial charge in [0.2, 0.25) is 0 Å². The Morgan fingerprint density at radius 3 is 2.00 bits per heavy atom. The van der Waals surface area contributed by atoms with Gasteiger partial charge in [-0.05, 0) is 23.6 Å². The number of hydrogen-bond acceptors (Lipinski definition) is 3. The molecule has 2 unspecified atom stereocenters. The molecule has 0 aliphatic heterocycles. The smallest absolute Gasteiger partial charge is 0.161 e. The van der Waals surface area contributed by atoms with Crippen molar-refractivity contribution in [3.63, 3.8) is 0 Å². The molecule has 0 bridgehead atoms. The fraction of sp³-hybridized carbons (Fsp3) is 0.333. The number of aliphatic hydroxyl groups is 1. The van der Waals surface area contributed by atoms with Crippen molar-refractivity contribution in [2.24, 2.45) is 5.92 Å². The molecule has 21 heavy (non-hydrogen) atoms. The molecule has 0 amide bonds. The van der Waals surface area contributed by atoms with E-state index in [1.165, 1.54) is 0 Å². The van der Waals surface area contributed by atoms with Crippen LogP contribution in [0.2, 0.25) is 0 Å². The zero-order valence-electron chi connectivity index (χ0n) is 12.7. The summed E-state index contributed by atoms with van der Waals surface area (Å²) in [5.41, 5.74) is 0.853. The van der Waals surface area contributed by atoms with Gasteiger partial charge in [0.05, 0.1) is 7.11 Å². The Labute approximate surface area is 126 Å². The average Bonchev–Trinajstić information content (AvgIpc) is 2.53. The molecule has 0 aliphatic rings. The van der Waals surface area contributed by atoms with Crippen LogP contribution in [0.3, 0.4) is 0 Å². The maximum absolute atomic E-state index is 10.6. The van der Waals surface area contributed by atoms with Gasteiger partial charge in [-0.2, -0.15) is 0 Å². The van der Waals surface area contributed by atoms with E-state index < -0.39 is 6.10 Å². The molecule has 0 aromatic heterocycles. The van der Waals surface area contributed by atoms with E-state index in [0.717, 1.165) is 5.56 Å². The van der Waals surface area contributed by atoms with E-state index in [1.54, 1.807) is 7.11 Å². The van der Waals surface area contributed by atoms with Gasteiger partial charge in [-0.3, -0.25) is 0 Å². The first-order valence-electron chi connectivity index (χ1n) is 7.16. The lowest BCUT2D eigenvalue weighted by molar-refractivity contribution is 0.00655. The fourth-order valence-corrected chi connectivity index (χ4v) is 2.27. The lowest BCUT2D eigenvalue weighted by Crippen LogP contribution is -2.30. The van der Waals surface area contributed by atoms with Gasteiger partial charge in [-0.25, -0.2) is 0 Å². The van der Waals surface area contributed by atoms with Crippen molar-refractivity contribution in [2.75, 3.05) is 7.11 Å². The molecular formula is C18H22O3. The summed E-state index contributed by atoms with van der Waals surface area (Å²) < 4.78 is 11.3. The van der Waals surface area contributed by atoms with Crippen molar-refractivity contribution in [3.05, 3.63) is 60.2 Å². The minimum Gasteiger partial charge on any atom is -0.493 e. The summed E-state index contributed by atoms with van der Waals surface area (Å²) in [7, 11) is 1.61. The molecule has 112 valence electrons. The molecular weight excluding hydrogens is 264 g/mol. The summed E-state index contributed by atoms with van der Waals surface area (Å²) in [6.07, 6.45) is -1.03. The van der Waals surface area contributed by atoms with Gasteiger partial charge >= 0.3 is 0 Å². The Kier molecular flexibility index (Phi) is 5.23. The SMILES string of the molecule is COc1ccccc1OC(C(C)C)C(O)c1ccccc1. The van der Waals surface area contributed by atoms with Gasteiger partial charge < -0.3 is 14.6 Å². The maximum Gasteiger partial charge on any atom is 0.161 e. The zero-order chi connectivity index (χ0) is 15.2. The van der Waals surface area contributed by atoms with Crippen LogP contribution in [-0.4, -0.2) is 18.3 Å². The van der Waals surface area contributed by atoms with Crippen LogP contribution in [0.15, 0.2) is 54.6 Å². The van der Waals surface area contributed by atoms with Crippen LogP contribution >= 0.6 is 0 Å². The van der Waals surface area contributed by atoms with Crippen LogP contribution in [0.4, 0.5) is 0 Å². The van der Waals surface area contributed by atoms with Crippen LogP contribution in [0.5, 0.6) is 11.5 Å². The molecule has 0 fully saturated rings. The molecule has 0 saturated heterocycles. The van der Waals surface area contributed by atoms with Crippen LogP contribution in [0.1, 0.15) is 25.5 Å². The summed E-state index contributed by atoms with van der Waals surface area (Å²) in [4.78, 5) is 0. The number of benzene rings is 2. The van der Waals surface area contributed by atoms with Crippen LogP contribution in [0, 0.1) is 5.92 Å². The van der Waals surface area contributed by atoms with E-state index in [4.69, 9.17) is 9.47 Å². The number of para-hydroxylation sites is 2. The van der Waals surface area contributed by atoms with E-state index in [9.17, 15) is 5.11 Å². The van der Waals surface area contributed by atoms with E-state index in [-0.39, 0.29) is 12.0 Å². The molecule has 0 saturated carbocycles. The third-order valence-corrected chi connectivity index (χ3v) is 3.44. The maximum atomic E-state index is 10.6. The number of methoxy groups -OCH3 is 1. The van der Waals surface area contributed by atoms with Crippen molar-refractivity contribution >= 4 is 0 Å². The Morgan fingerprint density at radius 1 is 0.857 bits per heavy atom. The van der Waals surface area contributed by atoms with Gasteiger partial charge in [0.25, 0.3) is 0 Å². The third-order valence-electron chi connectivity index (χ3n) is 3.44. The summed E-state index contributed by atoms with van der Waals surface area (Å²) >= 11 is 0. The third kappa shape index (κ3) is 3.76. The first-order chi connectivity index (χ1) is 10.1. The van der Waals surface area contributed by atoms with E-state index in [2.05, 4.69) is 0 Å². The standard InChI is InChI=1S/C18H22O3/c1-13(2)18(17(19)14-9-5-4-6-10-14)21-16-12-8-7-11-15(16)20-3/h4-13,17-19H,1-3H3. The highest BCUT2D eigenvalue weighted by molar-refractivity contribution is 5.39. The molecule has 0 spiro atoms. The zero-order valence-corrected chi connectivity index (χ0v) is 12.7. The van der Waals surface area contributed by atoms with Crippen molar-refractivity contribution in [2.45, 2.75) is 26.1 Å². The van der Waals surface area contributed by atoms with Crippen molar-refractivity contribution in [3.8, 4) is 11.5 Å². The second kappa shape index (κ2) is 7.14. The number of rotatable bonds is 6. The quantitative estimate of drug-likeness (QED) is 0.877. The highest BCUT2D eigenvalue weighted by Gasteiger charge is 2.26. The first-order valence-corrected chi connectivity index (χ1v) is 7.16. The largest absolute Gasteiger partial charge is 0.493 e. The predicted molar refractivity (Wildman–Crippen MR) is 83.6 cm³/mol. The minimum absolute atomic E-state index is 0.158. The van der Waals surface area contributed by atoms with Crippen molar-refractivity contribution < 1.29 is 14.6 Å². The van der Waals surface area contributed by atoms with E-state index in [0.29, 0.717) is 11.5 Å². The molecule has 3 heteroatoms. The minimum atomic E-state index is -0.684. The predicted octanol–water partition coefficient (Wildman–Crippen LogP) is 3.83. The molecule has 3 nitrogen and oxygen atoms in total. The monoisotopic (exact) mass is 286 g/mol. The number of aliphatic hydroxyl groups excluding tert-OH is 1. The summed E-state index contributed by atoms with van der Waals surface area (Å²) in [5, 5.41) is 10.6. The molecule has 0 radical (unpaired) electrons. The Bertz CT molecular complexity index is 551. The van der Waals surface area contributed by atoms with Gasteiger partial charge in [-0.15, -0.1) is 0 Å². The summed E-state index contributed by atoms with van der Waals surface area (Å²) in [5.74, 6) is 1.47. The average molecular weight is 286 g/mol. The summed E-state index contributed by atoms with van der Waals surface area (Å²) in [6, 6.07) is 17.1. The topological polar surface area (TPSA) is 38.7 Å². The van der Waals surface area contributed by atoms with Gasteiger partial charge in [0.15, 0.2) is 11.5 Å². The Morgan fingerprint density at radius 2 is 1.43 bits per heavy atom. The Hall–Kier alpha value is -2.00. The number of hydrogen-bond donors (Lipinski definition) is 1. The van der Waals surface area contributed by atoms with Crippen LogP contribution < -0.4 is 9.47 Å². The second-order valence-corrected chi connectivity index (χ2v) is 5.33. The highest BCUT2D eigenvalue weighted by atomic mass is 16.5. The molecule has 1 N–H and O–H groups in total. The lowest BCUT2D eigenvalue weighted by atomic mass is 9.96. The molecule has 2 aromatic carbocycles. The molecule has 2 atom stereocenters. The lowest BCUT2D eigenvalue weighted by Gasteiger charge is -2.28. The molecule has 2 rings (SSSR count). The second-order valence-electron chi connectivity index (χ2n) is 5.33. The van der Waals surface area contributed by atoms with Gasteiger partial charge in [0, 0.05) is 0 Å². The van der Waals surface area contributed by atoms with Crippen LogP contribution in [0.25, 0.3) is 0 Å². The summed E-state index contributed by atoms with van der Waals surface area (Å²) in [6.45, 7) is 4.07. The Balaban J connectivity index is 2.24. The van der Waals surface area contributed by atoms with Gasteiger partial charge in [-0.1, -0.05) is 56.3 Å². The fourth-order valence-electron chi connectivity index (χ4n) is 2.27. The van der Waals surface area contributed by atoms with Gasteiger partial charge in [0.1, 0.15) is 12.2 Å². The molecule has 0 heterocycles. The normalized spacial score (nSPS) is 13.8. The van der Waals surface area contributed by atoms with E-state index >= 15 is 0 Å². The van der Waals surface area contributed by atoms with E-state index in [1.807, 2.05) is 68.4 Å². The van der Waals surface area contributed by atoms with Crippen molar-refractivity contribution in [1.82, 2.24) is 0 Å². The number of ether oxygens (including phenoxy) is 2. The molecule has 2 aromatic rings. The highest BCUT2D eigenvalue weighted by Crippen LogP contribution is 2.32. The first kappa shape index (κ1) is 15.4. The van der Waals surface area contributed by atoms with Crippen LogP contribution in [-0.2, 0) is 0 Å².